The third-order valence-electron chi connectivity index (χ3n) is 4.65. The third kappa shape index (κ3) is 4.51. The Kier molecular flexibility index (Phi) is 5.86. The second kappa shape index (κ2) is 8.14. The van der Waals surface area contributed by atoms with Crippen LogP contribution in [0.5, 0.6) is 0 Å². The van der Waals surface area contributed by atoms with Gasteiger partial charge in [0.2, 0.25) is 10.0 Å². The van der Waals surface area contributed by atoms with Gasteiger partial charge in [-0.1, -0.05) is 12.5 Å². The number of amides is 1. The first-order valence-electron chi connectivity index (χ1n) is 9.11. The van der Waals surface area contributed by atoms with Crippen molar-refractivity contribution in [2.75, 3.05) is 32.5 Å². The normalized spacial score (nSPS) is 15.5. The van der Waals surface area contributed by atoms with Crippen molar-refractivity contribution in [1.29, 1.82) is 0 Å². The number of hydrogen-bond donors (Lipinski definition) is 2. The van der Waals surface area contributed by atoms with E-state index in [1.807, 2.05) is 12.1 Å². The Balaban J connectivity index is 1.68. The maximum absolute atomic E-state index is 12.8. The molecule has 3 rings (SSSR count). The number of sulfonamides is 1. The highest BCUT2D eigenvalue weighted by Gasteiger charge is 2.25. The minimum atomic E-state index is -3.45. The monoisotopic (exact) mass is 390 g/mol. The van der Waals surface area contributed by atoms with Gasteiger partial charge in [-0.25, -0.2) is 8.42 Å². The van der Waals surface area contributed by atoms with E-state index in [1.165, 1.54) is 4.90 Å². The number of nitrogens with zero attached hydrogens (tertiary/aromatic N) is 2. The largest absolute Gasteiger partial charge is 0.379 e. The van der Waals surface area contributed by atoms with Gasteiger partial charge in [0.1, 0.15) is 5.69 Å². The lowest BCUT2D eigenvalue weighted by atomic mass is 10.2. The van der Waals surface area contributed by atoms with Crippen molar-refractivity contribution in [1.82, 2.24) is 14.2 Å². The number of carbonyl (C=O) groups is 1. The van der Waals surface area contributed by atoms with Gasteiger partial charge in [-0.05, 0) is 43.2 Å². The Morgan fingerprint density at radius 2 is 1.89 bits per heavy atom. The number of aromatic nitrogens is 1. The minimum absolute atomic E-state index is 0.0872. The van der Waals surface area contributed by atoms with Crippen LogP contribution in [-0.4, -0.2) is 55.7 Å². The van der Waals surface area contributed by atoms with Crippen LogP contribution in [0.15, 0.2) is 41.3 Å². The van der Waals surface area contributed by atoms with E-state index < -0.39 is 10.0 Å². The zero-order valence-electron chi connectivity index (χ0n) is 15.7. The molecule has 1 fully saturated rings. The molecule has 7 nitrogen and oxygen atoms in total. The van der Waals surface area contributed by atoms with E-state index in [0.717, 1.165) is 30.6 Å². The van der Waals surface area contributed by atoms with Gasteiger partial charge in [-0.2, -0.15) is 4.31 Å². The van der Waals surface area contributed by atoms with E-state index >= 15 is 0 Å². The zero-order valence-corrected chi connectivity index (χ0v) is 16.6. The summed E-state index contributed by atoms with van der Waals surface area (Å²) in [6.07, 6.45) is 2.91. The molecule has 1 amide bonds. The number of benzene rings is 1. The molecular weight excluding hydrogens is 364 g/mol. The van der Waals surface area contributed by atoms with Crippen LogP contribution in [0.2, 0.25) is 0 Å². The maximum atomic E-state index is 12.8. The molecule has 1 aromatic carbocycles. The molecule has 27 heavy (non-hydrogen) atoms. The number of carbonyl (C=O) groups excluding carboxylic acids is 1. The van der Waals surface area contributed by atoms with Crippen LogP contribution in [0.4, 0.5) is 5.69 Å². The molecule has 2 N–H and O–H groups in total. The summed E-state index contributed by atoms with van der Waals surface area (Å²) in [5.74, 6) is -0.0872. The molecule has 1 aliphatic rings. The minimum Gasteiger partial charge on any atom is -0.379 e. The first-order valence-corrected chi connectivity index (χ1v) is 10.6. The lowest BCUT2D eigenvalue weighted by Crippen LogP contribution is -2.35. The Hall–Kier alpha value is -2.32. The summed E-state index contributed by atoms with van der Waals surface area (Å²) in [7, 11) is -0.0413. The highest BCUT2D eigenvalue weighted by molar-refractivity contribution is 7.89. The number of H-pyrrole nitrogens is 1. The van der Waals surface area contributed by atoms with E-state index in [-0.39, 0.29) is 5.91 Å². The van der Waals surface area contributed by atoms with Crippen LogP contribution in [0.1, 0.15) is 35.4 Å². The number of rotatable bonds is 6. The van der Waals surface area contributed by atoms with Gasteiger partial charge in [-0.15, -0.1) is 0 Å². The Labute approximate surface area is 160 Å². The predicted octanol–water partition coefficient (Wildman–Crippen LogP) is 2.50. The van der Waals surface area contributed by atoms with E-state index in [9.17, 15) is 13.2 Å². The quantitative estimate of drug-likeness (QED) is 0.794. The Morgan fingerprint density at radius 3 is 2.59 bits per heavy atom. The summed E-state index contributed by atoms with van der Waals surface area (Å²) in [5.41, 5.74) is 2.10. The second-order valence-corrected chi connectivity index (χ2v) is 8.88. The lowest BCUT2D eigenvalue weighted by molar-refractivity contribution is 0.0822. The first kappa shape index (κ1) is 19.4. The molecule has 0 radical (unpaired) electrons. The fourth-order valence-corrected chi connectivity index (χ4v) is 4.69. The number of anilines is 1. The molecule has 2 heterocycles. The SMILES string of the molecule is CN(C)C(=O)c1ccc(CNc2cccc(S(=O)(=O)N3CCCCC3)c2)[nH]1. The van der Waals surface area contributed by atoms with Gasteiger partial charge in [0.05, 0.1) is 11.4 Å². The van der Waals surface area contributed by atoms with Gasteiger partial charge in [-0.3, -0.25) is 4.79 Å². The van der Waals surface area contributed by atoms with Gasteiger partial charge in [0.25, 0.3) is 5.91 Å². The van der Waals surface area contributed by atoms with Gasteiger partial charge < -0.3 is 15.2 Å². The topological polar surface area (TPSA) is 85.5 Å². The predicted molar refractivity (Wildman–Crippen MR) is 105 cm³/mol. The molecule has 1 aromatic heterocycles. The lowest BCUT2D eigenvalue weighted by Gasteiger charge is -2.26. The molecule has 0 aliphatic carbocycles. The van der Waals surface area contributed by atoms with Crippen LogP contribution in [0.25, 0.3) is 0 Å². The average Bonchev–Trinajstić information content (AvgIpc) is 3.15. The van der Waals surface area contributed by atoms with Crippen LogP contribution < -0.4 is 5.32 Å². The average molecular weight is 391 g/mol. The van der Waals surface area contributed by atoms with Crippen molar-refractivity contribution < 1.29 is 13.2 Å². The summed E-state index contributed by atoms with van der Waals surface area (Å²) in [6.45, 7) is 1.64. The van der Waals surface area contributed by atoms with Gasteiger partial charge in [0, 0.05) is 38.6 Å². The molecule has 2 aromatic rings. The van der Waals surface area contributed by atoms with E-state index in [4.69, 9.17) is 0 Å². The first-order chi connectivity index (χ1) is 12.9. The van der Waals surface area contributed by atoms with Crippen molar-refractivity contribution in [3.05, 3.63) is 47.8 Å². The fraction of sp³-hybridized carbons (Fsp3) is 0.421. The highest BCUT2D eigenvalue weighted by Crippen LogP contribution is 2.23. The number of nitrogens with one attached hydrogen (secondary N) is 2. The summed E-state index contributed by atoms with van der Waals surface area (Å²) >= 11 is 0. The molecule has 1 aliphatic heterocycles. The summed E-state index contributed by atoms with van der Waals surface area (Å²) in [6, 6.07) is 10.5. The number of piperidine rings is 1. The van der Waals surface area contributed by atoms with E-state index in [0.29, 0.717) is 30.2 Å². The molecule has 0 bridgehead atoms. The fourth-order valence-electron chi connectivity index (χ4n) is 3.13. The van der Waals surface area contributed by atoms with Gasteiger partial charge in [0.15, 0.2) is 0 Å². The molecular formula is C19H26N4O3S. The van der Waals surface area contributed by atoms with Crippen LogP contribution in [0, 0.1) is 0 Å². The molecule has 0 unspecified atom stereocenters. The third-order valence-corrected chi connectivity index (χ3v) is 6.55. The summed E-state index contributed by atoms with van der Waals surface area (Å²) < 4.78 is 27.2. The molecule has 0 saturated carbocycles. The molecule has 146 valence electrons. The summed E-state index contributed by atoms with van der Waals surface area (Å²) in [4.78, 5) is 16.8. The van der Waals surface area contributed by atoms with Crippen molar-refractivity contribution >= 4 is 21.6 Å². The van der Waals surface area contributed by atoms with Crippen LogP contribution >= 0.6 is 0 Å². The highest BCUT2D eigenvalue weighted by atomic mass is 32.2. The standard InChI is InChI=1S/C19H26N4O3S/c1-22(2)19(24)18-10-9-16(21-18)14-20-15-7-6-8-17(13-15)27(25,26)23-11-4-3-5-12-23/h6-10,13,20-21H,3-5,11-12,14H2,1-2H3. The van der Waals surface area contributed by atoms with Crippen LogP contribution in [0.3, 0.4) is 0 Å². The van der Waals surface area contributed by atoms with Crippen molar-refractivity contribution in [2.24, 2.45) is 0 Å². The molecule has 1 saturated heterocycles. The Bertz CT molecular complexity index is 899. The second-order valence-electron chi connectivity index (χ2n) is 6.94. The number of hydrogen-bond acceptors (Lipinski definition) is 4. The Morgan fingerprint density at radius 1 is 1.15 bits per heavy atom. The van der Waals surface area contributed by atoms with Crippen LogP contribution in [-0.2, 0) is 16.6 Å². The summed E-state index contributed by atoms with van der Waals surface area (Å²) in [5, 5.41) is 3.22. The van der Waals surface area contributed by atoms with Gasteiger partial charge >= 0.3 is 0 Å². The number of aromatic amines is 1. The van der Waals surface area contributed by atoms with Crippen molar-refractivity contribution in [3.63, 3.8) is 0 Å². The smallest absolute Gasteiger partial charge is 0.269 e. The molecule has 0 spiro atoms. The molecule has 8 heteroatoms. The zero-order chi connectivity index (χ0) is 19.4. The maximum Gasteiger partial charge on any atom is 0.269 e. The van der Waals surface area contributed by atoms with E-state index in [2.05, 4.69) is 10.3 Å². The van der Waals surface area contributed by atoms with E-state index in [1.54, 1.807) is 42.7 Å². The van der Waals surface area contributed by atoms with Crippen molar-refractivity contribution in [2.45, 2.75) is 30.7 Å². The molecule has 0 atom stereocenters. The van der Waals surface area contributed by atoms with Crippen molar-refractivity contribution in [3.8, 4) is 0 Å².